The Morgan fingerprint density at radius 3 is 2.68 bits per heavy atom. The van der Waals surface area contributed by atoms with Crippen LogP contribution in [0.4, 0.5) is 0 Å². The lowest BCUT2D eigenvalue weighted by Crippen LogP contribution is -2.25. The highest BCUT2D eigenvalue weighted by Crippen LogP contribution is 2.35. The minimum absolute atomic E-state index is 0.213. The number of hydrazone groups is 1. The second-order valence-corrected chi connectivity index (χ2v) is 8.28. The number of para-hydroxylation sites is 1. The van der Waals surface area contributed by atoms with Crippen LogP contribution >= 0.6 is 15.9 Å². The van der Waals surface area contributed by atoms with E-state index in [1.165, 1.54) is 11.9 Å². The van der Waals surface area contributed by atoms with E-state index in [2.05, 4.69) is 26.1 Å². The first-order valence-electron chi connectivity index (χ1n) is 9.92. The molecule has 0 bridgehead atoms. The van der Waals surface area contributed by atoms with Crippen LogP contribution in [0, 0.1) is 13.8 Å². The van der Waals surface area contributed by atoms with Crippen molar-refractivity contribution in [2.75, 3.05) is 0 Å². The predicted octanol–water partition coefficient (Wildman–Crippen LogP) is 4.73. The van der Waals surface area contributed by atoms with Crippen LogP contribution in [-0.2, 0) is 22.7 Å². The van der Waals surface area contributed by atoms with E-state index in [4.69, 9.17) is 9.47 Å². The first kappa shape index (κ1) is 21.1. The number of rotatable bonds is 6. The average molecular weight is 483 g/mol. The molecule has 0 N–H and O–H groups in total. The Morgan fingerprint density at radius 2 is 1.97 bits per heavy atom. The Kier molecular flexibility index (Phi) is 6.08. The van der Waals surface area contributed by atoms with E-state index in [0.29, 0.717) is 24.8 Å². The first-order chi connectivity index (χ1) is 14.9. The molecule has 0 aliphatic carbocycles. The lowest BCUT2D eigenvalue weighted by atomic mass is 10.1. The number of aromatic nitrogens is 2. The zero-order valence-corrected chi connectivity index (χ0v) is 19.2. The SMILES string of the molecule is CC(=O)N1N=C(Cn2nc(C)cc2C)OC1c1ccccc1OCc1cccc(Br)c1. The summed E-state index contributed by atoms with van der Waals surface area (Å²) >= 11 is 3.48. The molecule has 0 saturated carbocycles. The van der Waals surface area contributed by atoms with E-state index in [9.17, 15) is 4.79 Å². The van der Waals surface area contributed by atoms with E-state index in [1.54, 1.807) is 0 Å². The van der Waals surface area contributed by atoms with Crippen molar-refractivity contribution in [3.63, 3.8) is 0 Å². The largest absolute Gasteiger partial charge is 0.488 e. The standard InChI is InChI=1S/C23H23BrN4O3/c1-15-11-16(2)27(25-15)13-22-26-28(17(3)29)23(31-22)20-9-4-5-10-21(20)30-14-18-7-6-8-19(24)12-18/h4-12,23H,13-14H2,1-3H3. The van der Waals surface area contributed by atoms with Gasteiger partial charge in [-0.05, 0) is 49.7 Å². The third-order valence-corrected chi connectivity index (χ3v) is 5.36. The summed E-state index contributed by atoms with van der Waals surface area (Å²) in [5.41, 5.74) is 3.68. The highest BCUT2D eigenvalue weighted by molar-refractivity contribution is 9.10. The summed E-state index contributed by atoms with van der Waals surface area (Å²) in [5.74, 6) is 0.852. The van der Waals surface area contributed by atoms with Crippen LogP contribution in [0.5, 0.6) is 5.75 Å². The molecule has 4 rings (SSSR count). The minimum atomic E-state index is -0.692. The molecule has 2 aromatic carbocycles. The van der Waals surface area contributed by atoms with E-state index in [0.717, 1.165) is 27.0 Å². The third-order valence-electron chi connectivity index (χ3n) is 4.87. The zero-order chi connectivity index (χ0) is 22.0. The summed E-state index contributed by atoms with van der Waals surface area (Å²) < 4.78 is 15.0. The molecule has 1 atom stereocenters. The number of carbonyl (C=O) groups is 1. The summed E-state index contributed by atoms with van der Waals surface area (Å²) in [7, 11) is 0. The van der Waals surface area contributed by atoms with Crippen molar-refractivity contribution in [1.82, 2.24) is 14.8 Å². The Balaban J connectivity index is 1.55. The van der Waals surface area contributed by atoms with E-state index in [-0.39, 0.29) is 5.91 Å². The van der Waals surface area contributed by atoms with Gasteiger partial charge in [0, 0.05) is 17.1 Å². The van der Waals surface area contributed by atoms with Gasteiger partial charge in [-0.1, -0.05) is 40.2 Å². The van der Waals surface area contributed by atoms with Gasteiger partial charge in [0.1, 0.15) is 18.9 Å². The first-order valence-corrected chi connectivity index (χ1v) is 10.7. The molecular weight excluding hydrogens is 460 g/mol. The Labute approximate surface area is 189 Å². The van der Waals surface area contributed by atoms with Crippen LogP contribution in [0.2, 0.25) is 0 Å². The van der Waals surface area contributed by atoms with Gasteiger partial charge in [-0.15, -0.1) is 5.10 Å². The van der Waals surface area contributed by atoms with E-state index < -0.39 is 6.23 Å². The minimum Gasteiger partial charge on any atom is -0.488 e. The van der Waals surface area contributed by atoms with Crippen molar-refractivity contribution in [3.8, 4) is 5.75 Å². The Bertz CT molecular complexity index is 1140. The van der Waals surface area contributed by atoms with Crippen molar-refractivity contribution in [2.24, 2.45) is 5.10 Å². The van der Waals surface area contributed by atoms with E-state index in [1.807, 2.05) is 73.1 Å². The van der Waals surface area contributed by atoms with Gasteiger partial charge >= 0.3 is 0 Å². The summed E-state index contributed by atoms with van der Waals surface area (Å²) in [5, 5.41) is 10.2. The highest BCUT2D eigenvalue weighted by atomic mass is 79.9. The molecule has 31 heavy (non-hydrogen) atoms. The molecule has 0 fully saturated rings. The fourth-order valence-corrected chi connectivity index (χ4v) is 3.89. The van der Waals surface area contributed by atoms with Crippen molar-refractivity contribution < 1.29 is 14.3 Å². The lowest BCUT2D eigenvalue weighted by Gasteiger charge is -2.22. The van der Waals surface area contributed by atoms with Gasteiger partial charge in [0.05, 0.1) is 11.3 Å². The fourth-order valence-electron chi connectivity index (χ4n) is 3.44. The summed E-state index contributed by atoms with van der Waals surface area (Å²) in [6.07, 6.45) is -0.692. The average Bonchev–Trinajstić information content (AvgIpc) is 3.29. The topological polar surface area (TPSA) is 69.0 Å². The lowest BCUT2D eigenvalue weighted by molar-refractivity contribution is -0.135. The molecule has 2 heterocycles. The molecule has 160 valence electrons. The molecule has 0 spiro atoms. The smallest absolute Gasteiger partial charge is 0.243 e. The molecule has 1 aromatic heterocycles. The van der Waals surface area contributed by atoms with Crippen LogP contribution in [0.3, 0.4) is 0 Å². The van der Waals surface area contributed by atoms with Crippen LogP contribution < -0.4 is 4.74 Å². The number of halogens is 1. The van der Waals surface area contributed by atoms with E-state index >= 15 is 0 Å². The van der Waals surface area contributed by atoms with Crippen molar-refractivity contribution in [2.45, 2.75) is 40.2 Å². The fraction of sp³-hybridized carbons (Fsp3) is 0.261. The normalized spacial score (nSPS) is 15.5. The monoisotopic (exact) mass is 482 g/mol. The molecule has 7 nitrogen and oxygen atoms in total. The number of hydrogen-bond acceptors (Lipinski definition) is 5. The summed E-state index contributed by atoms with van der Waals surface area (Å²) in [6, 6.07) is 17.5. The summed E-state index contributed by atoms with van der Waals surface area (Å²) in [6.45, 7) is 6.12. The maximum atomic E-state index is 12.3. The molecule has 3 aromatic rings. The van der Waals surface area contributed by atoms with Gasteiger partial charge in [-0.25, -0.2) is 0 Å². The van der Waals surface area contributed by atoms with Crippen LogP contribution in [0.25, 0.3) is 0 Å². The van der Waals surface area contributed by atoms with Crippen molar-refractivity contribution >= 4 is 27.7 Å². The van der Waals surface area contributed by atoms with Crippen LogP contribution in [0.15, 0.2) is 64.2 Å². The van der Waals surface area contributed by atoms with Crippen LogP contribution in [0.1, 0.15) is 35.7 Å². The molecule has 1 aliphatic heterocycles. The number of hydrogen-bond donors (Lipinski definition) is 0. The highest BCUT2D eigenvalue weighted by Gasteiger charge is 2.34. The number of benzene rings is 2. The van der Waals surface area contributed by atoms with Gasteiger partial charge < -0.3 is 9.47 Å². The number of amides is 1. The molecule has 1 unspecified atom stereocenters. The molecule has 0 radical (unpaired) electrons. The van der Waals surface area contributed by atoms with Crippen LogP contribution in [-0.4, -0.2) is 26.6 Å². The molecule has 0 saturated heterocycles. The number of carbonyl (C=O) groups excluding carboxylic acids is 1. The third kappa shape index (κ3) is 4.80. The van der Waals surface area contributed by atoms with Crippen molar-refractivity contribution in [3.05, 3.63) is 81.6 Å². The molecule has 8 heteroatoms. The number of ether oxygens (including phenoxy) is 2. The molecular formula is C23H23BrN4O3. The van der Waals surface area contributed by atoms with Gasteiger partial charge in [0.25, 0.3) is 0 Å². The van der Waals surface area contributed by atoms with Gasteiger partial charge in [0.15, 0.2) is 0 Å². The maximum absolute atomic E-state index is 12.3. The molecule has 1 amide bonds. The molecule has 1 aliphatic rings. The number of nitrogens with zero attached hydrogens (tertiary/aromatic N) is 4. The maximum Gasteiger partial charge on any atom is 0.243 e. The Hall–Kier alpha value is -3.13. The quantitative estimate of drug-likeness (QED) is 0.509. The van der Waals surface area contributed by atoms with Gasteiger partial charge in [-0.2, -0.15) is 10.1 Å². The Morgan fingerprint density at radius 1 is 1.16 bits per heavy atom. The second kappa shape index (κ2) is 8.93. The summed E-state index contributed by atoms with van der Waals surface area (Å²) in [4.78, 5) is 12.3. The van der Waals surface area contributed by atoms with Crippen molar-refractivity contribution in [1.29, 1.82) is 0 Å². The predicted molar refractivity (Wildman–Crippen MR) is 120 cm³/mol. The van der Waals surface area contributed by atoms with Gasteiger partial charge in [-0.3, -0.25) is 9.48 Å². The zero-order valence-electron chi connectivity index (χ0n) is 17.6. The van der Waals surface area contributed by atoms with Gasteiger partial charge in [0.2, 0.25) is 18.0 Å². The number of aryl methyl sites for hydroxylation is 2. The second-order valence-electron chi connectivity index (χ2n) is 7.37.